The Bertz CT molecular complexity index is 1050. The Morgan fingerprint density at radius 2 is 2.00 bits per heavy atom. The summed E-state index contributed by atoms with van der Waals surface area (Å²) in [5.74, 6) is -0.524. The molecule has 0 aliphatic carbocycles. The zero-order chi connectivity index (χ0) is 19.1. The molecule has 5 nitrogen and oxygen atoms in total. The Morgan fingerprint density at radius 1 is 1.26 bits per heavy atom. The molecule has 0 bridgehead atoms. The molecule has 4 rings (SSSR count). The topological polar surface area (TPSA) is 65.5 Å². The van der Waals surface area contributed by atoms with Crippen molar-refractivity contribution in [2.45, 2.75) is 19.9 Å². The highest BCUT2D eigenvalue weighted by Crippen LogP contribution is 2.42. The largest absolute Gasteiger partial charge is 0.505 e. The van der Waals surface area contributed by atoms with Crippen LogP contribution < -0.4 is 5.32 Å². The molecule has 0 radical (unpaired) electrons. The molecule has 1 aliphatic rings. The van der Waals surface area contributed by atoms with E-state index in [1.54, 1.807) is 30.3 Å². The van der Waals surface area contributed by atoms with Crippen LogP contribution in [0.15, 0.2) is 36.5 Å². The molecule has 1 amide bonds. The molecule has 2 aromatic carbocycles. The van der Waals surface area contributed by atoms with Crippen LogP contribution in [0.25, 0.3) is 10.9 Å². The van der Waals surface area contributed by atoms with E-state index in [0.29, 0.717) is 30.6 Å². The second-order valence-electron chi connectivity index (χ2n) is 6.81. The number of amides is 1. The second-order valence-corrected chi connectivity index (χ2v) is 6.81. The number of carbonyl (C=O) groups is 1. The molecule has 0 unspecified atom stereocenters. The fourth-order valence-electron chi connectivity index (χ4n) is 3.64. The molecular formula is C21H20FN3O2. The number of nitrogens with one attached hydrogen (secondary N) is 1. The van der Waals surface area contributed by atoms with Crippen molar-refractivity contribution in [3.63, 3.8) is 0 Å². The van der Waals surface area contributed by atoms with Crippen molar-refractivity contribution in [3.8, 4) is 5.75 Å². The molecule has 2 N–H and O–H groups in total. The number of fused-ring (bicyclic) bond motifs is 2. The van der Waals surface area contributed by atoms with Gasteiger partial charge in [0.25, 0.3) is 5.91 Å². The van der Waals surface area contributed by atoms with Gasteiger partial charge in [-0.3, -0.25) is 9.78 Å². The summed E-state index contributed by atoms with van der Waals surface area (Å²) >= 11 is 0. The molecule has 27 heavy (non-hydrogen) atoms. The van der Waals surface area contributed by atoms with Crippen LogP contribution in [-0.2, 0) is 13.0 Å². The first kappa shape index (κ1) is 17.3. The van der Waals surface area contributed by atoms with Crippen LogP contribution in [0.2, 0.25) is 0 Å². The highest BCUT2D eigenvalue weighted by atomic mass is 19.1. The summed E-state index contributed by atoms with van der Waals surface area (Å²) in [5, 5.41) is 14.8. The number of pyridine rings is 1. The van der Waals surface area contributed by atoms with Crippen LogP contribution in [0.5, 0.6) is 5.75 Å². The summed E-state index contributed by atoms with van der Waals surface area (Å²) in [7, 11) is 1.72. The first-order valence-corrected chi connectivity index (χ1v) is 8.89. The first-order valence-electron chi connectivity index (χ1n) is 8.89. The Hall–Kier alpha value is -3.15. The Morgan fingerprint density at radius 3 is 2.70 bits per heavy atom. The predicted octanol–water partition coefficient (Wildman–Crippen LogP) is 3.69. The number of aromatic hydroxyl groups is 1. The minimum atomic E-state index is -0.265. The highest BCUT2D eigenvalue weighted by Gasteiger charge is 2.33. The summed E-state index contributed by atoms with van der Waals surface area (Å²) in [6, 6.07) is 8.35. The van der Waals surface area contributed by atoms with E-state index < -0.39 is 0 Å². The minimum absolute atomic E-state index is 0.0654. The highest BCUT2D eigenvalue weighted by molar-refractivity contribution is 6.11. The number of anilines is 1. The summed E-state index contributed by atoms with van der Waals surface area (Å²) < 4.78 is 13.1. The van der Waals surface area contributed by atoms with Gasteiger partial charge in [-0.1, -0.05) is 12.1 Å². The van der Waals surface area contributed by atoms with Crippen molar-refractivity contribution >= 4 is 22.5 Å². The van der Waals surface area contributed by atoms with Gasteiger partial charge in [-0.15, -0.1) is 0 Å². The van der Waals surface area contributed by atoms with Crippen LogP contribution >= 0.6 is 0 Å². The number of benzene rings is 2. The lowest BCUT2D eigenvalue weighted by atomic mass is 9.98. The van der Waals surface area contributed by atoms with E-state index in [0.717, 1.165) is 27.8 Å². The van der Waals surface area contributed by atoms with E-state index >= 15 is 0 Å². The van der Waals surface area contributed by atoms with Crippen LogP contribution in [-0.4, -0.2) is 34.5 Å². The summed E-state index contributed by atoms with van der Waals surface area (Å²) in [5.41, 5.74) is 4.31. The summed E-state index contributed by atoms with van der Waals surface area (Å²) in [4.78, 5) is 18.5. The van der Waals surface area contributed by atoms with Crippen molar-refractivity contribution < 1.29 is 14.3 Å². The molecule has 138 valence electrons. The number of hydrogen-bond donors (Lipinski definition) is 2. The second kappa shape index (κ2) is 6.54. The van der Waals surface area contributed by atoms with Gasteiger partial charge < -0.3 is 15.3 Å². The number of phenols is 1. The Labute approximate surface area is 156 Å². The summed E-state index contributed by atoms with van der Waals surface area (Å²) in [6.07, 6.45) is 2.29. The van der Waals surface area contributed by atoms with Crippen molar-refractivity contribution in [1.29, 1.82) is 0 Å². The molecule has 0 atom stereocenters. The van der Waals surface area contributed by atoms with Crippen LogP contribution in [0.1, 0.15) is 34.0 Å². The Balaban J connectivity index is 1.86. The number of nitrogens with zero attached hydrogens (tertiary/aromatic N) is 2. The van der Waals surface area contributed by atoms with Crippen LogP contribution in [0, 0.1) is 5.82 Å². The van der Waals surface area contributed by atoms with Gasteiger partial charge in [-0.25, -0.2) is 4.39 Å². The molecule has 1 aromatic heterocycles. The van der Waals surface area contributed by atoms with Gasteiger partial charge in [0.05, 0.1) is 5.56 Å². The van der Waals surface area contributed by atoms with Gasteiger partial charge in [0.2, 0.25) is 0 Å². The molecule has 0 fully saturated rings. The fourth-order valence-corrected chi connectivity index (χ4v) is 3.64. The third-order valence-corrected chi connectivity index (χ3v) is 4.91. The van der Waals surface area contributed by atoms with Gasteiger partial charge in [0.1, 0.15) is 11.3 Å². The van der Waals surface area contributed by atoms with Gasteiger partial charge in [0.15, 0.2) is 5.75 Å². The molecule has 0 spiro atoms. The molecule has 6 heteroatoms. The average Bonchev–Trinajstić information content (AvgIpc) is 2.95. The molecular weight excluding hydrogens is 345 g/mol. The molecule has 1 aliphatic heterocycles. The standard InChI is InChI=1S/C21H20FN3O2/c1-3-23-18-15-9-13(8-12-4-6-14(22)7-5-12)10-24-19(15)20(26)17-16(18)11-25(2)21(17)27/h4-7,9-10,23,26H,3,8,11H2,1-2H3. The number of hydrogen-bond acceptors (Lipinski definition) is 4. The van der Waals surface area contributed by atoms with Gasteiger partial charge >= 0.3 is 0 Å². The van der Waals surface area contributed by atoms with Crippen molar-refractivity contribution in [1.82, 2.24) is 9.88 Å². The number of carbonyl (C=O) groups excluding carboxylic acids is 1. The maximum Gasteiger partial charge on any atom is 0.258 e. The SMILES string of the molecule is CCNc1c2c(c(O)c3ncc(Cc4ccc(F)cc4)cc13)C(=O)N(C)C2. The zero-order valence-electron chi connectivity index (χ0n) is 15.2. The van der Waals surface area contributed by atoms with Gasteiger partial charge in [-0.2, -0.15) is 0 Å². The third-order valence-electron chi connectivity index (χ3n) is 4.91. The molecule has 2 heterocycles. The van der Waals surface area contributed by atoms with Crippen molar-refractivity contribution in [2.75, 3.05) is 18.9 Å². The van der Waals surface area contributed by atoms with Crippen LogP contribution in [0.3, 0.4) is 0 Å². The van der Waals surface area contributed by atoms with Crippen molar-refractivity contribution in [3.05, 3.63) is 64.6 Å². The number of rotatable bonds is 4. The maximum atomic E-state index is 13.1. The first-order chi connectivity index (χ1) is 13.0. The number of aromatic nitrogens is 1. The van der Waals surface area contributed by atoms with Crippen LogP contribution in [0.4, 0.5) is 10.1 Å². The molecule has 0 saturated heterocycles. The smallest absolute Gasteiger partial charge is 0.258 e. The van der Waals surface area contributed by atoms with E-state index in [1.165, 1.54) is 12.1 Å². The van der Waals surface area contributed by atoms with E-state index in [4.69, 9.17) is 0 Å². The molecule has 3 aromatic rings. The Kier molecular flexibility index (Phi) is 4.18. The maximum absolute atomic E-state index is 13.1. The lowest BCUT2D eigenvalue weighted by Crippen LogP contribution is -2.17. The number of phenolic OH excluding ortho intramolecular Hbond substituents is 1. The number of halogens is 1. The van der Waals surface area contributed by atoms with E-state index in [2.05, 4.69) is 10.3 Å². The monoisotopic (exact) mass is 365 g/mol. The fraction of sp³-hybridized carbons (Fsp3) is 0.238. The lowest BCUT2D eigenvalue weighted by molar-refractivity contribution is 0.0814. The minimum Gasteiger partial charge on any atom is -0.505 e. The van der Waals surface area contributed by atoms with E-state index in [-0.39, 0.29) is 17.5 Å². The van der Waals surface area contributed by atoms with Gasteiger partial charge in [-0.05, 0) is 42.7 Å². The van der Waals surface area contributed by atoms with E-state index in [9.17, 15) is 14.3 Å². The predicted molar refractivity (Wildman–Crippen MR) is 103 cm³/mol. The molecule has 0 saturated carbocycles. The van der Waals surface area contributed by atoms with Crippen molar-refractivity contribution in [2.24, 2.45) is 0 Å². The van der Waals surface area contributed by atoms with E-state index in [1.807, 2.05) is 13.0 Å². The van der Waals surface area contributed by atoms with Gasteiger partial charge in [0, 0.05) is 43.0 Å². The quantitative estimate of drug-likeness (QED) is 0.692. The lowest BCUT2D eigenvalue weighted by Gasteiger charge is -2.15. The third kappa shape index (κ3) is 2.87. The normalized spacial score (nSPS) is 13.3. The zero-order valence-corrected chi connectivity index (χ0v) is 15.2. The average molecular weight is 365 g/mol. The summed E-state index contributed by atoms with van der Waals surface area (Å²) in [6.45, 7) is 3.12.